The van der Waals surface area contributed by atoms with Gasteiger partial charge < -0.3 is 5.73 Å². The van der Waals surface area contributed by atoms with Crippen LogP contribution < -0.4 is 5.73 Å². The number of hydrogen-bond acceptors (Lipinski definition) is 2. The molecule has 0 saturated carbocycles. The van der Waals surface area contributed by atoms with E-state index in [1.54, 1.807) is 0 Å². The third-order valence-corrected chi connectivity index (χ3v) is 3.60. The van der Waals surface area contributed by atoms with Crippen LogP contribution in [0.4, 0.5) is 5.69 Å². The number of rotatable bonds is 4. The summed E-state index contributed by atoms with van der Waals surface area (Å²) >= 11 is 0. The molecule has 0 aliphatic heterocycles. The molecule has 2 N–H and O–H groups in total. The Hall–Kier alpha value is -0.830. The zero-order valence-electron chi connectivity index (χ0n) is 8.75. The summed E-state index contributed by atoms with van der Waals surface area (Å²) < 4.78 is 11.8. The van der Waals surface area contributed by atoms with Gasteiger partial charge in [0.1, 0.15) is 0 Å². The topological polar surface area (TPSA) is 43.1 Å². The molecule has 2 nitrogen and oxygen atoms in total. The first-order valence-electron chi connectivity index (χ1n) is 4.89. The maximum Gasteiger partial charge on any atom is 0.0620 e. The van der Waals surface area contributed by atoms with Crippen LogP contribution >= 0.6 is 0 Å². The summed E-state index contributed by atoms with van der Waals surface area (Å²) in [5, 5.41) is 0. The molecule has 0 bridgehead atoms. The Morgan fingerprint density at radius 2 is 2.14 bits per heavy atom. The highest BCUT2D eigenvalue weighted by Crippen LogP contribution is 2.18. The van der Waals surface area contributed by atoms with Gasteiger partial charge in [0, 0.05) is 11.4 Å². The van der Waals surface area contributed by atoms with E-state index in [1.165, 1.54) is 0 Å². The van der Waals surface area contributed by atoms with E-state index >= 15 is 0 Å². The molecule has 1 rings (SSSR count). The maximum absolute atomic E-state index is 11.8. The summed E-state index contributed by atoms with van der Waals surface area (Å²) in [7, 11) is -0.930. The summed E-state index contributed by atoms with van der Waals surface area (Å²) in [6, 6.07) is 5.69. The fourth-order valence-corrected chi connectivity index (χ4v) is 2.64. The molecule has 0 amide bonds. The first-order valence-corrected chi connectivity index (χ1v) is 6.21. The van der Waals surface area contributed by atoms with Gasteiger partial charge in [-0.15, -0.1) is 0 Å². The average Bonchev–Trinajstić information content (AvgIpc) is 2.18. The van der Waals surface area contributed by atoms with Gasteiger partial charge in [0.05, 0.1) is 15.7 Å². The Kier molecular flexibility index (Phi) is 4.14. The number of aryl methyl sites for hydroxylation is 1. The smallest absolute Gasteiger partial charge is 0.0620 e. The van der Waals surface area contributed by atoms with Crippen molar-refractivity contribution in [2.75, 3.05) is 11.5 Å². The van der Waals surface area contributed by atoms with Gasteiger partial charge in [0.25, 0.3) is 0 Å². The molecule has 1 atom stereocenters. The van der Waals surface area contributed by atoms with E-state index in [9.17, 15) is 4.21 Å². The number of nitrogen functional groups attached to an aromatic ring is 1. The van der Waals surface area contributed by atoms with Crippen molar-refractivity contribution in [3.63, 3.8) is 0 Å². The minimum absolute atomic E-state index is 0.644. The Bertz CT molecular complexity index is 336. The van der Waals surface area contributed by atoms with Crippen molar-refractivity contribution in [2.45, 2.75) is 31.6 Å². The Morgan fingerprint density at radius 3 is 2.79 bits per heavy atom. The number of hydrogen-bond donors (Lipinski definition) is 1. The lowest BCUT2D eigenvalue weighted by Gasteiger charge is -2.06. The molecule has 1 aromatic carbocycles. The normalized spacial score (nSPS) is 12.7. The molecule has 0 heterocycles. The van der Waals surface area contributed by atoms with Crippen molar-refractivity contribution < 1.29 is 4.21 Å². The van der Waals surface area contributed by atoms with Crippen LogP contribution in [-0.4, -0.2) is 9.96 Å². The lowest BCUT2D eigenvalue weighted by atomic mass is 10.2. The second-order valence-corrected chi connectivity index (χ2v) is 4.98. The molecule has 1 aromatic rings. The molecular formula is C11H17NOS. The SMILES string of the molecule is CCCCS(=O)c1cc(C)ccc1N. The van der Waals surface area contributed by atoms with Crippen molar-refractivity contribution in [1.82, 2.24) is 0 Å². The van der Waals surface area contributed by atoms with E-state index in [0.717, 1.165) is 23.3 Å². The standard InChI is InChI=1S/C11H17NOS/c1-3-4-7-14(13)11-8-9(2)5-6-10(11)12/h5-6,8H,3-4,7,12H2,1-2H3. The van der Waals surface area contributed by atoms with E-state index in [4.69, 9.17) is 5.73 Å². The van der Waals surface area contributed by atoms with Gasteiger partial charge in [-0.25, -0.2) is 0 Å². The quantitative estimate of drug-likeness (QED) is 0.777. The minimum atomic E-state index is -0.930. The van der Waals surface area contributed by atoms with Gasteiger partial charge in [-0.2, -0.15) is 0 Å². The predicted molar refractivity (Wildman–Crippen MR) is 61.8 cm³/mol. The summed E-state index contributed by atoms with van der Waals surface area (Å²) in [6.45, 7) is 4.08. The Balaban J connectivity index is 2.83. The van der Waals surface area contributed by atoms with Crippen LogP contribution in [0.3, 0.4) is 0 Å². The van der Waals surface area contributed by atoms with Crippen LogP contribution in [-0.2, 0) is 10.8 Å². The van der Waals surface area contributed by atoms with E-state index < -0.39 is 10.8 Å². The summed E-state index contributed by atoms with van der Waals surface area (Å²) in [6.07, 6.45) is 2.05. The average molecular weight is 211 g/mol. The fourth-order valence-electron chi connectivity index (χ4n) is 1.22. The highest BCUT2D eigenvalue weighted by atomic mass is 32.2. The molecule has 0 radical (unpaired) electrons. The highest BCUT2D eigenvalue weighted by Gasteiger charge is 2.07. The molecule has 0 aliphatic carbocycles. The maximum atomic E-state index is 11.8. The fraction of sp³-hybridized carbons (Fsp3) is 0.455. The molecule has 0 aromatic heterocycles. The van der Waals surface area contributed by atoms with Crippen LogP contribution in [0, 0.1) is 6.92 Å². The van der Waals surface area contributed by atoms with E-state index in [2.05, 4.69) is 6.92 Å². The lowest BCUT2D eigenvalue weighted by Crippen LogP contribution is -2.02. The molecule has 0 fully saturated rings. The van der Waals surface area contributed by atoms with Crippen molar-refractivity contribution in [3.05, 3.63) is 23.8 Å². The van der Waals surface area contributed by atoms with Gasteiger partial charge in [-0.05, 0) is 31.0 Å². The van der Waals surface area contributed by atoms with Gasteiger partial charge in [-0.3, -0.25) is 4.21 Å². The molecule has 3 heteroatoms. The van der Waals surface area contributed by atoms with Gasteiger partial charge >= 0.3 is 0 Å². The molecule has 0 aliphatic rings. The van der Waals surface area contributed by atoms with Crippen LogP contribution in [0.15, 0.2) is 23.1 Å². The number of unbranched alkanes of at least 4 members (excludes halogenated alkanes) is 1. The summed E-state index contributed by atoms with van der Waals surface area (Å²) in [5.74, 6) is 0.712. The first-order chi connectivity index (χ1) is 6.65. The molecule has 0 spiro atoms. The highest BCUT2D eigenvalue weighted by molar-refractivity contribution is 7.85. The Morgan fingerprint density at radius 1 is 1.43 bits per heavy atom. The molecule has 0 saturated heterocycles. The minimum Gasteiger partial charge on any atom is -0.398 e. The number of benzene rings is 1. The number of anilines is 1. The lowest BCUT2D eigenvalue weighted by molar-refractivity contribution is 0.680. The van der Waals surface area contributed by atoms with Crippen LogP contribution in [0.25, 0.3) is 0 Å². The van der Waals surface area contributed by atoms with E-state index in [-0.39, 0.29) is 0 Å². The van der Waals surface area contributed by atoms with Gasteiger partial charge in [0.15, 0.2) is 0 Å². The third-order valence-electron chi connectivity index (χ3n) is 2.10. The van der Waals surface area contributed by atoms with E-state index in [0.29, 0.717) is 11.4 Å². The van der Waals surface area contributed by atoms with Crippen molar-refractivity contribution >= 4 is 16.5 Å². The van der Waals surface area contributed by atoms with Crippen LogP contribution in [0.1, 0.15) is 25.3 Å². The summed E-state index contributed by atoms with van der Waals surface area (Å²) in [5.41, 5.74) is 7.52. The molecule has 14 heavy (non-hydrogen) atoms. The van der Waals surface area contributed by atoms with E-state index in [1.807, 2.05) is 25.1 Å². The van der Waals surface area contributed by atoms with Gasteiger partial charge in [0.2, 0.25) is 0 Å². The van der Waals surface area contributed by atoms with Crippen LogP contribution in [0.2, 0.25) is 0 Å². The monoisotopic (exact) mass is 211 g/mol. The second kappa shape index (κ2) is 5.15. The van der Waals surface area contributed by atoms with Crippen molar-refractivity contribution in [3.8, 4) is 0 Å². The predicted octanol–water partition coefficient (Wildman–Crippen LogP) is 2.48. The van der Waals surface area contributed by atoms with Gasteiger partial charge in [-0.1, -0.05) is 19.4 Å². The first kappa shape index (κ1) is 11.2. The summed E-state index contributed by atoms with van der Waals surface area (Å²) in [4.78, 5) is 0.790. The van der Waals surface area contributed by atoms with Crippen molar-refractivity contribution in [1.29, 1.82) is 0 Å². The third kappa shape index (κ3) is 2.84. The van der Waals surface area contributed by atoms with Crippen LogP contribution in [0.5, 0.6) is 0 Å². The zero-order valence-corrected chi connectivity index (χ0v) is 9.56. The Labute approximate surface area is 88.0 Å². The number of nitrogens with two attached hydrogens (primary N) is 1. The molecule has 1 unspecified atom stereocenters. The van der Waals surface area contributed by atoms with Crippen molar-refractivity contribution in [2.24, 2.45) is 0 Å². The zero-order chi connectivity index (χ0) is 10.6. The second-order valence-electron chi connectivity index (χ2n) is 3.44. The largest absolute Gasteiger partial charge is 0.398 e. The molecule has 78 valence electrons. The molecular weight excluding hydrogens is 194 g/mol.